The molecule has 0 unspecified atom stereocenters. The number of ether oxygens (including phenoxy) is 1. The Bertz CT molecular complexity index is 863. The zero-order valence-electron chi connectivity index (χ0n) is 19.6. The van der Waals surface area contributed by atoms with Gasteiger partial charge in [-0.15, -0.1) is 0 Å². The first-order chi connectivity index (χ1) is 14.8. The van der Waals surface area contributed by atoms with Gasteiger partial charge in [0.05, 0.1) is 7.11 Å². The first-order valence-corrected chi connectivity index (χ1v) is 10.4. The average Bonchev–Trinajstić information content (AvgIpc) is 2.76. The fourth-order valence-electron chi connectivity index (χ4n) is 2.99. The lowest BCUT2D eigenvalue weighted by Crippen LogP contribution is -2.40. The summed E-state index contributed by atoms with van der Waals surface area (Å²) in [5, 5.41) is 3.41. The van der Waals surface area contributed by atoms with Gasteiger partial charge in [-0.3, -0.25) is 4.79 Å². The summed E-state index contributed by atoms with van der Waals surface area (Å²) in [6.45, 7) is 1.51. The van der Waals surface area contributed by atoms with Crippen LogP contribution in [0.4, 0.5) is 5.69 Å². The number of amides is 1. The molecule has 2 aromatic carbocycles. The number of carbonyl (C=O) groups excluding carboxylic acids is 1. The standard InChI is InChI=1S/C24H35N5O2/c1-27(2)21-9-7-8-20(16-21)18-29(5)24(26-17-23(30)28(3)4)25-15-14-19-10-12-22(31-6)13-11-19/h7-13,16H,14-15,17-18H2,1-6H3,(H,25,26). The number of anilines is 1. The van der Waals surface area contributed by atoms with Crippen molar-refractivity contribution < 1.29 is 9.53 Å². The second kappa shape index (κ2) is 11.8. The number of rotatable bonds is 9. The van der Waals surface area contributed by atoms with Crippen molar-refractivity contribution in [3.63, 3.8) is 0 Å². The highest BCUT2D eigenvalue weighted by molar-refractivity contribution is 5.84. The van der Waals surface area contributed by atoms with Crippen LogP contribution >= 0.6 is 0 Å². The summed E-state index contributed by atoms with van der Waals surface area (Å²) in [7, 11) is 11.2. The number of nitrogens with one attached hydrogen (secondary N) is 1. The third-order valence-corrected chi connectivity index (χ3v) is 4.93. The van der Waals surface area contributed by atoms with Crippen LogP contribution in [0.3, 0.4) is 0 Å². The van der Waals surface area contributed by atoms with E-state index < -0.39 is 0 Å². The maximum atomic E-state index is 12.1. The summed E-state index contributed by atoms with van der Waals surface area (Å²) in [6, 6.07) is 16.4. The molecule has 0 aliphatic rings. The van der Waals surface area contributed by atoms with Gasteiger partial charge in [-0.1, -0.05) is 24.3 Å². The highest BCUT2D eigenvalue weighted by atomic mass is 16.5. The van der Waals surface area contributed by atoms with Crippen molar-refractivity contribution in [1.29, 1.82) is 0 Å². The molecule has 0 saturated carbocycles. The molecule has 0 aromatic heterocycles. The Hall–Kier alpha value is -3.22. The van der Waals surface area contributed by atoms with Crippen LogP contribution in [0.1, 0.15) is 11.1 Å². The molecule has 2 aromatic rings. The number of methoxy groups -OCH3 is 1. The van der Waals surface area contributed by atoms with Gasteiger partial charge in [-0.2, -0.15) is 0 Å². The third-order valence-electron chi connectivity index (χ3n) is 4.93. The molecule has 168 valence electrons. The van der Waals surface area contributed by atoms with Gasteiger partial charge in [0.2, 0.25) is 5.91 Å². The van der Waals surface area contributed by atoms with Crippen LogP contribution in [0, 0.1) is 0 Å². The maximum absolute atomic E-state index is 12.1. The number of likely N-dealkylation sites (N-methyl/N-ethyl adjacent to an activating group) is 1. The highest BCUT2D eigenvalue weighted by Crippen LogP contribution is 2.15. The minimum absolute atomic E-state index is 0.0301. The smallest absolute Gasteiger partial charge is 0.243 e. The Labute approximate surface area is 186 Å². The lowest BCUT2D eigenvalue weighted by Gasteiger charge is -2.24. The molecule has 0 radical (unpaired) electrons. The average molecular weight is 426 g/mol. The topological polar surface area (TPSA) is 60.4 Å². The van der Waals surface area contributed by atoms with E-state index >= 15 is 0 Å². The van der Waals surface area contributed by atoms with E-state index in [-0.39, 0.29) is 12.5 Å². The molecule has 31 heavy (non-hydrogen) atoms. The largest absolute Gasteiger partial charge is 0.497 e. The lowest BCUT2D eigenvalue weighted by molar-refractivity contribution is -0.127. The summed E-state index contributed by atoms with van der Waals surface area (Å²) in [5.74, 6) is 1.53. The van der Waals surface area contributed by atoms with Gasteiger partial charge >= 0.3 is 0 Å². The fourth-order valence-corrected chi connectivity index (χ4v) is 2.99. The monoisotopic (exact) mass is 425 g/mol. The third kappa shape index (κ3) is 7.85. The minimum Gasteiger partial charge on any atom is -0.497 e. The molecule has 0 atom stereocenters. The van der Waals surface area contributed by atoms with E-state index in [2.05, 4.69) is 51.6 Å². The van der Waals surface area contributed by atoms with E-state index in [1.807, 2.05) is 38.2 Å². The van der Waals surface area contributed by atoms with Gasteiger partial charge in [-0.25, -0.2) is 4.99 Å². The highest BCUT2D eigenvalue weighted by Gasteiger charge is 2.10. The molecule has 2 rings (SSSR count). The number of nitrogens with zero attached hydrogens (tertiary/aromatic N) is 4. The number of guanidine groups is 1. The Balaban J connectivity index is 2.06. The van der Waals surface area contributed by atoms with E-state index in [4.69, 9.17) is 4.74 Å². The molecule has 1 N–H and O–H groups in total. The summed E-state index contributed by atoms with van der Waals surface area (Å²) in [5.41, 5.74) is 3.54. The van der Waals surface area contributed by atoms with Crippen LogP contribution in [0.5, 0.6) is 5.75 Å². The van der Waals surface area contributed by atoms with Crippen molar-refractivity contribution in [3.05, 3.63) is 59.7 Å². The van der Waals surface area contributed by atoms with E-state index in [9.17, 15) is 4.79 Å². The summed E-state index contributed by atoms with van der Waals surface area (Å²) in [6.07, 6.45) is 0.842. The molecular formula is C24H35N5O2. The van der Waals surface area contributed by atoms with Crippen molar-refractivity contribution in [3.8, 4) is 5.75 Å². The Kier molecular flexibility index (Phi) is 9.18. The number of carbonyl (C=O) groups is 1. The van der Waals surface area contributed by atoms with Crippen LogP contribution in [0.25, 0.3) is 0 Å². The number of aliphatic imine (C=N–C) groups is 1. The van der Waals surface area contributed by atoms with Crippen molar-refractivity contribution in [2.75, 3.05) is 60.3 Å². The SMILES string of the molecule is COc1ccc(CCNC(=NCC(=O)N(C)C)N(C)Cc2cccc(N(C)C)c2)cc1. The number of benzene rings is 2. The molecule has 1 amide bonds. The van der Waals surface area contributed by atoms with Gasteiger partial charge in [0.15, 0.2) is 5.96 Å². The van der Waals surface area contributed by atoms with Gasteiger partial charge in [0.1, 0.15) is 12.3 Å². The summed E-state index contributed by atoms with van der Waals surface area (Å²) in [4.78, 5) is 22.3. The predicted molar refractivity (Wildman–Crippen MR) is 128 cm³/mol. The minimum atomic E-state index is -0.0301. The fraction of sp³-hybridized carbons (Fsp3) is 0.417. The predicted octanol–water partition coefficient (Wildman–Crippen LogP) is 2.47. The molecule has 0 heterocycles. The first kappa shape index (κ1) is 24.1. The van der Waals surface area contributed by atoms with Gasteiger partial charge in [0.25, 0.3) is 0 Å². The normalized spacial score (nSPS) is 11.1. The van der Waals surface area contributed by atoms with Crippen molar-refractivity contribution in [2.24, 2.45) is 4.99 Å². The van der Waals surface area contributed by atoms with Crippen LogP contribution in [-0.2, 0) is 17.8 Å². The van der Waals surface area contributed by atoms with Crippen molar-refractivity contribution in [2.45, 2.75) is 13.0 Å². The van der Waals surface area contributed by atoms with Gasteiger partial charge in [-0.05, 0) is 41.8 Å². The second-order valence-electron chi connectivity index (χ2n) is 7.87. The number of hydrogen-bond donors (Lipinski definition) is 1. The summed E-state index contributed by atoms with van der Waals surface area (Å²) < 4.78 is 5.22. The molecule has 7 heteroatoms. The van der Waals surface area contributed by atoms with Crippen LogP contribution in [0.2, 0.25) is 0 Å². The van der Waals surface area contributed by atoms with E-state index in [1.54, 1.807) is 26.1 Å². The van der Waals surface area contributed by atoms with Gasteiger partial charge in [0, 0.05) is 54.0 Å². The molecule has 0 aliphatic heterocycles. The number of hydrogen-bond acceptors (Lipinski definition) is 4. The molecule has 0 saturated heterocycles. The zero-order valence-corrected chi connectivity index (χ0v) is 19.6. The Morgan fingerprint density at radius 2 is 1.71 bits per heavy atom. The molecule has 0 bridgehead atoms. The van der Waals surface area contributed by atoms with Gasteiger partial charge < -0.3 is 24.8 Å². The molecule has 7 nitrogen and oxygen atoms in total. The Morgan fingerprint density at radius 3 is 2.32 bits per heavy atom. The van der Waals surface area contributed by atoms with E-state index in [0.717, 1.165) is 17.9 Å². The van der Waals surface area contributed by atoms with Crippen molar-refractivity contribution in [1.82, 2.24) is 15.1 Å². The van der Waals surface area contributed by atoms with Crippen molar-refractivity contribution >= 4 is 17.6 Å². The second-order valence-corrected chi connectivity index (χ2v) is 7.87. The van der Waals surface area contributed by atoms with Crippen LogP contribution in [0.15, 0.2) is 53.5 Å². The van der Waals surface area contributed by atoms with E-state index in [0.29, 0.717) is 19.0 Å². The molecule has 0 fully saturated rings. The Morgan fingerprint density at radius 1 is 1.00 bits per heavy atom. The van der Waals surface area contributed by atoms with Crippen LogP contribution in [-0.4, -0.2) is 77.1 Å². The quantitative estimate of drug-likeness (QED) is 0.494. The van der Waals surface area contributed by atoms with E-state index in [1.165, 1.54) is 11.1 Å². The molecule has 0 spiro atoms. The summed E-state index contributed by atoms with van der Waals surface area (Å²) >= 11 is 0. The molecule has 0 aliphatic carbocycles. The lowest BCUT2D eigenvalue weighted by atomic mass is 10.1. The maximum Gasteiger partial charge on any atom is 0.243 e. The zero-order chi connectivity index (χ0) is 22.8. The first-order valence-electron chi connectivity index (χ1n) is 10.4. The molecular weight excluding hydrogens is 390 g/mol. The van der Waals surface area contributed by atoms with Crippen LogP contribution < -0.4 is 15.0 Å².